The van der Waals surface area contributed by atoms with Crippen LogP contribution >= 0.6 is 0 Å². The number of methoxy groups -OCH3 is 1. The molecule has 0 aromatic heterocycles. The molecule has 0 spiro atoms. The van der Waals surface area contributed by atoms with Crippen LogP contribution in [0.2, 0.25) is 0 Å². The molecule has 2 N–H and O–H groups in total. The molecule has 0 bridgehead atoms. The Morgan fingerprint density at radius 2 is 2.14 bits per heavy atom. The van der Waals surface area contributed by atoms with Gasteiger partial charge in [-0.25, -0.2) is 0 Å². The first kappa shape index (κ1) is 14.4. The van der Waals surface area contributed by atoms with Crippen LogP contribution in [0.1, 0.15) is 18.4 Å². The highest BCUT2D eigenvalue weighted by Crippen LogP contribution is 2.32. The summed E-state index contributed by atoms with van der Waals surface area (Å²) in [6, 6.07) is 8.00. The third-order valence-electron chi connectivity index (χ3n) is 4.25. The van der Waals surface area contributed by atoms with Crippen LogP contribution in [0.5, 0.6) is 5.75 Å². The maximum atomic E-state index is 12.8. The number of para-hydroxylation sites is 1. The molecule has 114 valence electrons. The predicted molar refractivity (Wildman–Crippen MR) is 78.9 cm³/mol. The fraction of sp³-hybridized carbons (Fsp3) is 0.562. The first-order valence-electron chi connectivity index (χ1n) is 7.46. The van der Waals surface area contributed by atoms with E-state index in [1.54, 1.807) is 7.11 Å². The van der Waals surface area contributed by atoms with Crippen molar-refractivity contribution in [3.8, 4) is 5.75 Å². The minimum atomic E-state index is -0.208. The van der Waals surface area contributed by atoms with Crippen molar-refractivity contribution in [2.45, 2.75) is 31.5 Å². The molecule has 1 amide bonds. The molecule has 1 aliphatic heterocycles. The molecule has 1 saturated carbocycles. The molecular weight excluding hydrogens is 268 g/mol. The van der Waals surface area contributed by atoms with E-state index in [2.05, 4.69) is 0 Å². The Labute approximate surface area is 125 Å². The smallest absolute Gasteiger partial charge is 0.230 e. The molecule has 1 aliphatic carbocycles. The van der Waals surface area contributed by atoms with E-state index in [0.29, 0.717) is 25.8 Å². The maximum Gasteiger partial charge on any atom is 0.230 e. The highest BCUT2D eigenvalue weighted by molar-refractivity contribution is 5.80. The van der Waals surface area contributed by atoms with Gasteiger partial charge in [0.15, 0.2) is 0 Å². The van der Waals surface area contributed by atoms with Crippen molar-refractivity contribution in [1.82, 2.24) is 4.90 Å². The molecule has 2 atom stereocenters. The van der Waals surface area contributed by atoms with E-state index < -0.39 is 0 Å². The lowest BCUT2D eigenvalue weighted by Crippen LogP contribution is -2.44. The summed E-state index contributed by atoms with van der Waals surface area (Å²) in [6.45, 7) is 1.50. The van der Waals surface area contributed by atoms with Gasteiger partial charge in [-0.1, -0.05) is 18.2 Å². The Bertz CT molecular complexity index is 516. The SMILES string of the molecule is COc1ccccc1CN(C(=O)C1COCC1N)C1CC1. The quantitative estimate of drug-likeness (QED) is 0.884. The third-order valence-corrected chi connectivity index (χ3v) is 4.25. The Balaban J connectivity index is 1.77. The highest BCUT2D eigenvalue weighted by atomic mass is 16.5. The predicted octanol–water partition coefficient (Wildman–Crippen LogP) is 1.16. The van der Waals surface area contributed by atoms with E-state index in [0.717, 1.165) is 24.2 Å². The first-order valence-corrected chi connectivity index (χ1v) is 7.46. The minimum absolute atomic E-state index is 0.119. The van der Waals surface area contributed by atoms with Crippen LogP contribution in [0.3, 0.4) is 0 Å². The van der Waals surface area contributed by atoms with Gasteiger partial charge in [-0.3, -0.25) is 4.79 Å². The van der Waals surface area contributed by atoms with E-state index in [1.165, 1.54) is 0 Å². The molecule has 1 aromatic rings. The average Bonchev–Trinajstić information content (AvgIpc) is 3.25. The molecule has 2 aliphatic rings. The molecule has 21 heavy (non-hydrogen) atoms. The Kier molecular flexibility index (Phi) is 4.12. The fourth-order valence-electron chi connectivity index (χ4n) is 2.83. The van der Waals surface area contributed by atoms with E-state index in [9.17, 15) is 4.79 Å². The highest BCUT2D eigenvalue weighted by Gasteiger charge is 2.40. The summed E-state index contributed by atoms with van der Waals surface area (Å²) in [5.41, 5.74) is 7.03. The molecule has 0 radical (unpaired) electrons. The maximum absolute atomic E-state index is 12.8. The van der Waals surface area contributed by atoms with Crippen LogP contribution in [0.25, 0.3) is 0 Å². The van der Waals surface area contributed by atoms with E-state index in [-0.39, 0.29) is 17.9 Å². The van der Waals surface area contributed by atoms with Gasteiger partial charge in [-0.15, -0.1) is 0 Å². The van der Waals surface area contributed by atoms with Crippen LogP contribution in [0.15, 0.2) is 24.3 Å². The number of nitrogens with two attached hydrogens (primary N) is 1. The lowest BCUT2D eigenvalue weighted by molar-refractivity contribution is -0.137. The molecule has 1 saturated heterocycles. The van der Waals surface area contributed by atoms with Gasteiger partial charge < -0.3 is 20.1 Å². The van der Waals surface area contributed by atoms with Crippen LogP contribution in [-0.4, -0.2) is 43.2 Å². The van der Waals surface area contributed by atoms with Crippen LogP contribution in [0, 0.1) is 5.92 Å². The number of hydrogen-bond acceptors (Lipinski definition) is 4. The van der Waals surface area contributed by atoms with E-state index in [1.807, 2.05) is 29.2 Å². The number of carbonyl (C=O) groups is 1. The van der Waals surface area contributed by atoms with E-state index in [4.69, 9.17) is 15.2 Å². The molecule has 2 unspecified atom stereocenters. The van der Waals surface area contributed by atoms with Crippen molar-refractivity contribution in [2.75, 3.05) is 20.3 Å². The molecule has 5 heteroatoms. The standard InChI is InChI=1S/C16H22N2O3/c1-20-15-5-3-2-4-11(15)8-18(12-6-7-12)16(19)13-9-21-10-14(13)17/h2-5,12-14H,6-10,17H2,1H3. The molecule has 2 fully saturated rings. The summed E-state index contributed by atoms with van der Waals surface area (Å²) < 4.78 is 10.7. The lowest BCUT2D eigenvalue weighted by atomic mass is 10.0. The molecule has 5 nitrogen and oxygen atoms in total. The molecule has 1 heterocycles. The van der Waals surface area contributed by atoms with Crippen molar-refractivity contribution in [3.05, 3.63) is 29.8 Å². The number of nitrogens with zero attached hydrogens (tertiary/aromatic N) is 1. The summed E-state index contributed by atoms with van der Waals surface area (Å²) >= 11 is 0. The number of hydrogen-bond donors (Lipinski definition) is 1. The second kappa shape index (κ2) is 6.03. The number of ether oxygens (including phenoxy) is 2. The van der Waals surface area contributed by atoms with Crippen molar-refractivity contribution < 1.29 is 14.3 Å². The van der Waals surface area contributed by atoms with Crippen LogP contribution in [0.4, 0.5) is 0 Å². The van der Waals surface area contributed by atoms with Gasteiger partial charge in [-0.05, 0) is 18.9 Å². The summed E-state index contributed by atoms with van der Waals surface area (Å²) in [7, 11) is 1.66. The Hall–Kier alpha value is -1.59. The van der Waals surface area contributed by atoms with E-state index >= 15 is 0 Å². The van der Waals surface area contributed by atoms with Gasteiger partial charge in [0.2, 0.25) is 5.91 Å². The molecule has 3 rings (SSSR count). The zero-order valence-electron chi connectivity index (χ0n) is 12.3. The van der Waals surface area contributed by atoms with Crippen molar-refractivity contribution in [2.24, 2.45) is 11.7 Å². The number of rotatable bonds is 5. The van der Waals surface area contributed by atoms with Crippen LogP contribution < -0.4 is 10.5 Å². The lowest BCUT2D eigenvalue weighted by Gasteiger charge is -2.27. The normalized spacial score (nSPS) is 24.9. The number of amides is 1. The Morgan fingerprint density at radius 3 is 2.76 bits per heavy atom. The molecular formula is C16H22N2O3. The molecule has 1 aromatic carbocycles. The average molecular weight is 290 g/mol. The van der Waals surface area contributed by atoms with Gasteiger partial charge in [-0.2, -0.15) is 0 Å². The summed E-state index contributed by atoms with van der Waals surface area (Å²) in [5, 5.41) is 0. The zero-order valence-corrected chi connectivity index (χ0v) is 12.3. The number of carbonyl (C=O) groups excluding carboxylic acids is 1. The second-order valence-electron chi connectivity index (χ2n) is 5.82. The van der Waals surface area contributed by atoms with Crippen molar-refractivity contribution in [1.29, 1.82) is 0 Å². The van der Waals surface area contributed by atoms with Gasteiger partial charge in [0, 0.05) is 24.2 Å². The second-order valence-corrected chi connectivity index (χ2v) is 5.82. The first-order chi connectivity index (χ1) is 10.2. The Morgan fingerprint density at radius 1 is 1.38 bits per heavy atom. The van der Waals surface area contributed by atoms with Gasteiger partial charge in [0.25, 0.3) is 0 Å². The topological polar surface area (TPSA) is 64.8 Å². The monoisotopic (exact) mass is 290 g/mol. The summed E-state index contributed by atoms with van der Waals surface area (Å²) in [5.74, 6) is 0.733. The zero-order chi connectivity index (χ0) is 14.8. The third kappa shape index (κ3) is 3.04. The van der Waals surface area contributed by atoms with Gasteiger partial charge in [0.05, 0.1) is 26.2 Å². The van der Waals surface area contributed by atoms with Gasteiger partial charge in [0.1, 0.15) is 5.75 Å². The minimum Gasteiger partial charge on any atom is -0.496 e. The van der Waals surface area contributed by atoms with Crippen LogP contribution in [-0.2, 0) is 16.1 Å². The van der Waals surface area contributed by atoms with Crippen molar-refractivity contribution >= 4 is 5.91 Å². The fourth-order valence-corrected chi connectivity index (χ4v) is 2.83. The van der Waals surface area contributed by atoms with Crippen molar-refractivity contribution in [3.63, 3.8) is 0 Å². The largest absolute Gasteiger partial charge is 0.496 e. The summed E-state index contributed by atoms with van der Waals surface area (Å²) in [6.07, 6.45) is 2.15. The van der Waals surface area contributed by atoms with Gasteiger partial charge >= 0.3 is 0 Å². The number of benzene rings is 1. The summed E-state index contributed by atoms with van der Waals surface area (Å²) in [4.78, 5) is 14.7.